The molecule has 0 bridgehead atoms. The Kier molecular flexibility index (Phi) is 6.54. The van der Waals surface area contributed by atoms with Crippen molar-refractivity contribution in [1.29, 1.82) is 0 Å². The number of halogens is 4. The lowest BCUT2D eigenvalue weighted by molar-refractivity contribution is -0.0158. The maximum absolute atomic E-state index is 14.7. The highest BCUT2D eigenvalue weighted by molar-refractivity contribution is 7.86. The number of carbonyl (C=O) groups excluding carboxylic acids is 3. The molecule has 3 aromatic rings. The van der Waals surface area contributed by atoms with Crippen LogP contribution in [-0.4, -0.2) is 37.7 Å². The molecular weight excluding hydrogens is 508 g/mol. The van der Waals surface area contributed by atoms with Crippen LogP contribution in [0.15, 0.2) is 41.3 Å². The van der Waals surface area contributed by atoms with Crippen LogP contribution in [0.2, 0.25) is 0 Å². The van der Waals surface area contributed by atoms with Gasteiger partial charge in [0.1, 0.15) is 5.56 Å². The Balaban J connectivity index is 1.75. The summed E-state index contributed by atoms with van der Waals surface area (Å²) in [5.41, 5.74) is -1.99. The predicted octanol–water partition coefficient (Wildman–Crippen LogP) is 3.84. The van der Waals surface area contributed by atoms with Crippen molar-refractivity contribution in [2.45, 2.75) is 24.7 Å². The number of nitrogens with zero attached hydrogens (tertiary/aromatic N) is 1. The lowest BCUT2D eigenvalue weighted by atomic mass is 9.95. The minimum atomic E-state index is -5.84. The van der Waals surface area contributed by atoms with Crippen LogP contribution in [0.4, 0.5) is 17.6 Å². The van der Waals surface area contributed by atoms with Gasteiger partial charge in [0.05, 0.1) is 11.1 Å². The van der Waals surface area contributed by atoms with Crippen LogP contribution in [0.5, 0.6) is 0 Å². The predicted molar refractivity (Wildman–Crippen MR) is 116 cm³/mol. The number of rotatable bonds is 7. The molecule has 4 rings (SSSR count). The molecule has 0 aliphatic carbocycles. The third-order valence-corrected chi connectivity index (χ3v) is 6.63. The number of hydrogen-bond acceptors (Lipinski definition) is 6. The van der Waals surface area contributed by atoms with Crippen LogP contribution in [0.1, 0.15) is 50.8 Å². The normalized spacial score (nSPS) is 13.4. The first-order valence-electron chi connectivity index (χ1n) is 10.5. The summed E-state index contributed by atoms with van der Waals surface area (Å²) in [6, 6.07) is 8.58. The highest BCUT2D eigenvalue weighted by Crippen LogP contribution is 2.33. The summed E-state index contributed by atoms with van der Waals surface area (Å²) >= 11 is 0. The molecule has 3 aromatic carbocycles. The lowest BCUT2D eigenvalue weighted by Gasteiger charge is -2.25. The largest absolute Gasteiger partial charge is 0.352 e. The maximum Gasteiger partial charge on any atom is 0.324 e. The Morgan fingerprint density at radius 2 is 1.44 bits per heavy atom. The van der Waals surface area contributed by atoms with Crippen molar-refractivity contribution in [3.63, 3.8) is 0 Å². The van der Waals surface area contributed by atoms with Crippen LogP contribution in [0.25, 0.3) is 10.8 Å². The van der Waals surface area contributed by atoms with Gasteiger partial charge in [0, 0.05) is 11.9 Å². The van der Waals surface area contributed by atoms with Crippen molar-refractivity contribution in [1.82, 2.24) is 10.4 Å². The van der Waals surface area contributed by atoms with E-state index in [-0.39, 0.29) is 28.1 Å². The zero-order valence-corrected chi connectivity index (χ0v) is 19.2. The van der Waals surface area contributed by atoms with Crippen molar-refractivity contribution in [2.24, 2.45) is 0 Å². The molecule has 13 heteroatoms. The summed E-state index contributed by atoms with van der Waals surface area (Å²) in [6.45, 7) is 1.69. The van der Waals surface area contributed by atoms with Gasteiger partial charge in [-0.1, -0.05) is 37.6 Å². The summed E-state index contributed by atoms with van der Waals surface area (Å²) in [6.07, 6.45) is 0.990. The van der Waals surface area contributed by atoms with E-state index >= 15 is 0 Å². The fourth-order valence-electron chi connectivity index (χ4n) is 3.71. The van der Waals surface area contributed by atoms with Crippen molar-refractivity contribution in [3.8, 4) is 0 Å². The van der Waals surface area contributed by atoms with E-state index in [1.165, 1.54) is 24.3 Å². The molecule has 0 radical (unpaired) electrons. The van der Waals surface area contributed by atoms with E-state index in [0.29, 0.717) is 18.2 Å². The number of imide groups is 1. The second kappa shape index (κ2) is 9.32. The smallest absolute Gasteiger partial charge is 0.324 e. The van der Waals surface area contributed by atoms with Crippen molar-refractivity contribution in [3.05, 3.63) is 76.4 Å². The molecule has 1 N–H and O–H groups in total. The molecule has 1 aliphatic rings. The van der Waals surface area contributed by atoms with E-state index in [0.717, 1.165) is 0 Å². The summed E-state index contributed by atoms with van der Waals surface area (Å²) in [4.78, 5) is 35.4. The van der Waals surface area contributed by atoms with Crippen LogP contribution >= 0.6 is 0 Å². The minimum Gasteiger partial charge on any atom is -0.352 e. The molecule has 0 spiro atoms. The van der Waals surface area contributed by atoms with Gasteiger partial charge < -0.3 is 5.32 Å². The Bertz CT molecular complexity index is 1480. The third-order valence-electron chi connectivity index (χ3n) is 5.42. The zero-order valence-electron chi connectivity index (χ0n) is 18.4. The van der Waals surface area contributed by atoms with Crippen molar-refractivity contribution < 1.29 is 44.6 Å². The Morgan fingerprint density at radius 3 is 1.94 bits per heavy atom. The van der Waals surface area contributed by atoms with Crippen molar-refractivity contribution in [2.75, 3.05) is 6.54 Å². The van der Waals surface area contributed by atoms with Gasteiger partial charge in [0.15, 0.2) is 28.2 Å². The average molecular weight is 524 g/mol. The number of hydrogen-bond donors (Lipinski definition) is 1. The van der Waals surface area contributed by atoms with Gasteiger partial charge in [-0.15, -0.1) is 9.35 Å². The van der Waals surface area contributed by atoms with E-state index in [1.54, 1.807) is 19.1 Å². The molecule has 36 heavy (non-hydrogen) atoms. The number of unbranched alkanes of at least 4 members (excludes halogenated alkanes) is 1. The van der Waals surface area contributed by atoms with E-state index in [2.05, 4.69) is 9.60 Å². The number of benzene rings is 3. The summed E-state index contributed by atoms with van der Waals surface area (Å²) in [5.74, 6) is -13.6. The SMILES string of the molecule is CCCCNC(=O)c1c(F)c(F)c(S(=O)(=O)ON2C(=O)c3cccc4cccc(c34)C2=O)c(F)c1F. The quantitative estimate of drug-likeness (QED) is 0.218. The minimum absolute atomic E-state index is 0.0615. The van der Waals surface area contributed by atoms with E-state index in [9.17, 15) is 40.4 Å². The zero-order chi connectivity index (χ0) is 26.4. The number of hydroxylamine groups is 2. The average Bonchev–Trinajstić information content (AvgIpc) is 2.84. The highest BCUT2D eigenvalue weighted by atomic mass is 32.2. The maximum atomic E-state index is 14.7. The first-order valence-corrected chi connectivity index (χ1v) is 11.9. The molecule has 0 aromatic heterocycles. The fourth-order valence-corrected chi connectivity index (χ4v) is 4.73. The summed E-state index contributed by atoms with van der Waals surface area (Å²) < 4.78 is 88.4. The van der Waals surface area contributed by atoms with Gasteiger partial charge in [0.2, 0.25) is 0 Å². The number of amides is 3. The second-order valence-electron chi connectivity index (χ2n) is 7.71. The number of nitrogens with one attached hydrogen (secondary N) is 1. The molecule has 0 saturated carbocycles. The second-order valence-corrected chi connectivity index (χ2v) is 9.18. The first-order chi connectivity index (χ1) is 17.0. The van der Waals surface area contributed by atoms with Crippen LogP contribution in [0.3, 0.4) is 0 Å². The van der Waals surface area contributed by atoms with E-state index in [1.807, 2.05) is 0 Å². The Labute approximate surface area is 201 Å². The summed E-state index contributed by atoms with van der Waals surface area (Å²) in [5, 5.41) is 2.46. The van der Waals surface area contributed by atoms with Gasteiger partial charge in [0.25, 0.3) is 17.7 Å². The molecule has 0 atom stereocenters. The topological polar surface area (TPSA) is 110 Å². The molecule has 8 nitrogen and oxygen atoms in total. The van der Waals surface area contributed by atoms with Crippen molar-refractivity contribution >= 4 is 38.6 Å². The van der Waals surface area contributed by atoms with Gasteiger partial charge in [-0.05, 0) is 23.9 Å². The monoisotopic (exact) mass is 524 g/mol. The van der Waals surface area contributed by atoms with Gasteiger partial charge in [-0.3, -0.25) is 14.4 Å². The highest BCUT2D eigenvalue weighted by Gasteiger charge is 2.42. The standard InChI is InChI=1S/C23H16F4N2O6S/c1-2-3-10-28-21(30)15-16(24)18(26)20(19(27)17(15)25)36(33,34)35-29-22(31)12-8-4-6-11-7-5-9-13(14(11)12)23(29)32/h4-9H,2-3,10H2,1H3,(H,28,30). The van der Waals surface area contributed by atoms with Crippen LogP contribution < -0.4 is 5.32 Å². The van der Waals surface area contributed by atoms with Gasteiger partial charge in [-0.25, -0.2) is 17.6 Å². The molecule has 3 amide bonds. The molecule has 1 heterocycles. The van der Waals surface area contributed by atoms with E-state index < -0.39 is 61.6 Å². The molecule has 0 fully saturated rings. The van der Waals surface area contributed by atoms with Gasteiger partial charge in [-0.2, -0.15) is 8.42 Å². The first kappa shape index (κ1) is 25.3. The third kappa shape index (κ3) is 3.99. The van der Waals surface area contributed by atoms with E-state index in [4.69, 9.17) is 0 Å². The van der Waals surface area contributed by atoms with Gasteiger partial charge >= 0.3 is 10.1 Å². The molecule has 0 unspecified atom stereocenters. The Morgan fingerprint density at radius 1 is 0.917 bits per heavy atom. The molecule has 188 valence electrons. The molecular formula is C23H16F4N2O6S. The number of carbonyl (C=O) groups is 3. The van der Waals surface area contributed by atoms with Crippen LogP contribution in [-0.2, 0) is 14.4 Å². The lowest BCUT2D eigenvalue weighted by Crippen LogP contribution is -2.42. The molecule has 1 aliphatic heterocycles. The molecule has 0 saturated heterocycles. The summed E-state index contributed by atoms with van der Waals surface area (Å²) in [7, 11) is -5.84. The Hall–Kier alpha value is -3.84. The fraction of sp³-hybridized carbons (Fsp3) is 0.174. The van der Waals surface area contributed by atoms with Crippen LogP contribution in [0, 0.1) is 23.3 Å².